The van der Waals surface area contributed by atoms with Crippen molar-refractivity contribution < 1.29 is 13.9 Å². The summed E-state index contributed by atoms with van der Waals surface area (Å²) in [6.45, 7) is 7.51. The molecule has 0 unspecified atom stereocenters. The van der Waals surface area contributed by atoms with Crippen LogP contribution in [-0.2, 0) is 12.0 Å². The Morgan fingerprint density at radius 3 is 2.64 bits per heavy atom. The Balaban J connectivity index is 1.35. The Labute approximate surface area is 163 Å². The number of carbonyl (C=O) groups is 1. The normalized spacial score (nSPS) is 11.2. The number of amides is 2. The molecular formula is C20H25N5O3. The van der Waals surface area contributed by atoms with Crippen LogP contribution in [0.25, 0.3) is 11.6 Å². The van der Waals surface area contributed by atoms with Crippen molar-refractivity contribution >= 4 is 6.03 Å². The monoisotopic (exact) mass is 383 g/mol. The molecule has 0 fully saturated rings. The fourth-order valence-corrected chi connectivity index (χ4v) is 2.50. The van der Waals surface area contributed by atoms with Crippen molar-refractivity contribution in [2.45, 2.75) is 32.7 Å². The maximum Gasteiger partial charge on any atom is 0.315 e. The second-order valence-electron chi connectivity index (χ2n) is 7.32. The summed E-state index contributed by atoms with van der Waals surface area (Å²) in [5.41, 5.74) is 1.36. The molecule has 0 atom stereocenters. The van der Waals surface area contributed by atoms with Crippen LogP contribution in [0.2, 0.25) is 0 Å². The number of urea groups is 1. The summed E-state index contributed by atoms with van der Waals surface area (Å²) in [7, 11) is 0. The third-order valence-electron chi connectivity index (χ3n) is 4.07. The van der Waals surface area contributed by atoms with Crippen molar-refractivity contribution in [2.24, 2.45) is 0 Å². The van der Waals surface area contributed by atoms with Crippen molar-refractivity contribution in [2.75, 3.05) is 13.2 Å². The first-order valence-corrected chi connectivity index (χ1v) is 9.12. The number of aromatic nitrogens is 3. The Hall–Kier alpha value is -3.29. The summed E-state index contributed by atoms with van der Waals surface area (Å²) in [5, 5.41) is 12.3. The predicted molar refractivity (Wildman–Crippen MR) is 105 cm³/mol. The minimum absolute atomic E-state index is 0.112. The number of nitrogens with zero attached hydrogens (tertiary/aromatic N) is 2. The lowest BCUT2D eigenvalue weighted by Crippen LogP contribution is -2.37. The Morgan fingerprint density at radius 2 is 1.96 bits per heavy atom. The highest BCUT2D eigenvalue weighted by molar-refractivity contribution is 5.73. The molecule has 0 radical (unpaired) electrons. The van der Waals surface area contributed by atoms with Gasteiger partial charge in [0.05, 0.1) is 19.4 Å². The van der Waals surface area contributed by atoms with Crippen molar-refractivity contribution in [3.63, 3.8) is 0 Å². The molecule has 0 saturated heterocycles. The molecule has 2 aromatic heterocycles. The zero-order chi connectivity index (χ0) is 20.0. The van der Waals surface area contributed by atoms with Gasteiger partial charge in [-0.15, -0.1) is 5.10 Å². The Bertz CT molecular complexity index is 879. The lowest BCUT2D eigenvalue weighted by Gasteiger charge is -2.19. The van der Waals surface area contributed by atoms with E-state index in [1.807, 2.05) is 12.1 Å². The van der Waals surface area contributed by atoms with Crippen molar-refractivity contribution in [3.8, 4) is 17.3 Å². The SMILES string of the molecule is CC(C)(C)c1ccc(OCCNC(=O)NCc2nc(-c3ccco3)n[nH]2)cc1. The molecule has 0 spiro atoms. The number of nitrogens with one attached hydrogen (secondary N) is 3. The fraction of sp³-hybridized carbons (Fsp3) is 0.350. The lowest BCUT2D eigenvalue weighted by molar-refractivity contribution is 0.236. The van der Waals surface area contributed by atoms with E-state index in [9.17, 15) is 4.79 Å². The van der Waals surface area contributed by atoms with E-state index >= 15 is 0 Å². The molecule has 3 aromatic rings. The van der Waals surface area contributed by atoms with E-state index in [4.69, 9.17) is 9.15 Å². The number of H-pyrrole nitrogens is 1. The first kappa shape index (κ1) is 19.5. The van der Waals surface area contributed by atoms with E-state index in [-0.39, 0.29) is 18.0 Å². The summed E-state index contributed by atoms with van der Waals surface area (Å²) in [5.74, 6) is 2.34. The number of hydrogen-bond donors (Lipinski definition) is 3. The summed E-state index contributed by atoms with van der Waals surface area (Å²) in [6.07, 6.45) is 1.55. The van der Waals surface area contributed by atoms with Gasteiger partial charge in [-0.3, -0.25) is 5.10 Å². The predicted octanol–water partition coefficient (Wildman–Crippen LogP) is 3.24. The van der Waals surface area contributed by atoms with Crippen molar-refractivity contribution in [1.29, 1.82) is 0 Å². The molecular weight excluding hydrogens is 358 g/mol. The summed E-state index contributed by atoms with van der Waals surface area (Å²) in [4.78, 5) is 16.1. The van der Waals surface area contributed by atoms with Gasteiger partial charge in [0.1, 0.15) is 18.2 Å². The first-order valence-electron chi connectivity index (χ1n) is 9.12. The van der Waals surface area contributed by atoms with E-state index in [0.29, 0.717) is 30.6 Å². The number of carbonyl (C=O) groups excluding carboxylic acids is 1. The lowest BCUT2D eigenvalue weighted by atomic mass is 9.87. The van der Waals surface area contributed by atoms with Crippen LogP contribution in [0.15, 0.2) is 47.1 Å². The highest BCUT2D eigenvalue weighted by atomic mass is 16.5. The summed E-state index contributed by atoms with van der Waals surface area (Å²) >= 11 is 0. The highest BCUT2D eigenvalue weighted by Gasteiger charge is 2.13. The van der Waals surface area contributed by atoms with Gasteiger partial charge in [0.15, 0.2) is 5.76 Å². The molecule has 8 heteroatoms. The fourth-order valence-electron chi connectivity index (χ4n) is 2.50. The molecule has 8 nitrogen and oxygen atoms in total. The van der Waals surface area contributed by atoms with Gasteiger partial charge >= 0.3 is 6.03 Å². The van der Waals surface area contributed by atoms with Gasteiger partial charge in [0.2, 0.25) is 5.82 Å². The van der Waals surface area contributed by atoms with Crippen LogP contribution in [0.5, 0.6) is 5.75 Å². The van der Waals surface area contributed by atoms with Crippen LogP contribution in [0, 0.1) is 0 Å². The van der Waals surface area contributed by atoms with Crippen LogP contribution in [-0.4, -0.2) is 34.4 Å². The van der Waals surface area contributed by atoms with Crippen LogP contribution in [0.1, 0.15) is 32.2 Å². The van der Waals surface area contributed by atoms with Crippen molar-refractivity contribution in [3.05, 3.63) is 54.0 Å². The minimum Gasteiger partial charge on any atom is -0.492 e. The molecule has 148 valence electrons. The third-order valence-corrected chi connectivity index (χ3v) is 4.07. The second-order valence-corrected chi connectivity index (χ2v) is 7.32. The average Bonchev–Trinajstić information content (AvgIpc) is 3.34. The minimum atomic E-state index is -0.303. The second kappa shape index (κ2) is 8.60. The van der Waals surface area contributed by atoms with Crippen LogP contribution in [0.3, 0.4) is 0 Å². The molecule has 0 bridgehead atoms. The molecule has 3 rings (SSSR count). The molecule has 2 heterocycles. The summed E-state index contributed by atoms with van der Waals surface area (Å²) < 4.78 is 10.9. The topological polar surface area (TPSA) is 105 Å². The quantitative estimate of drug-likeness (QED) is 0.543. The van der Waals surface area contributed by atoms with E-state index in [1.165, 1.54) is 5.56 Å². The number of aromatic amines is 1. The maximum absolute atomic E-state index is 11.9. The number of benzene rings is 1. The van der Waals surface area contributed by atoms with Gasteiger partial charge in [-0.2, -0.15) is 0 Å². The zero-order valence-corrected chi connectivity index (χ0v) is 16.3. The first-order chi connectivity index (χ1) is 13.4. The molecule has 0 aliphatic rings. The Morgan fingerprint density at radius 1 is 1.18 bits per heavy atom. The van der Waals surface area contributed by atoms with Gasteiger partial charge in [0, 0.05) is 0 Å². The molecule has 0 saturated carbocycles. The number of ether oxygens (including phenoxy) is 1. The van der Waals surface area contributed by atoms with Crippen molar-refractivity contribution in [1.82, 2.24) is 25.8 Å². The Kier molecular flexibility index (Phi) is 5.98. The smallest absolute Gasteiger partial charge is 0.315 e. The van der Waals surface area contributed by atoms with Crippen LogP contribution >= 0.6 is 0 Å². The van der Waals surface area contributed by atoms with E-state index in [0.717, 1.165) is 5.75 Å². The van der Waals surface area contributed by atoms with Gasteiger partial charge in [-0.25, -0.2) is 9.78 Å². The largest absolute Gasteiger partial charge is 0.492 e. The standard InChI is InChI=1S/C20H25N5O3/c1-20(2,3)14-6-8-15(9-7-14)27-12-10-21-19(26)22-13-17-23-18(25-24-17)16-5-4-11-28-16/h4-9,11H,10,12-13H2,1-3H3,(H2,21,22,26)(H,23,24,25). The average molecular weight is 383 g/mol. The molecule has 2 amide bonds. The highest BCUT2D eigenvalue weighted by Crippen LogP contribution is 2.24. The van der Waals surface area contributed by atoms with Gasteiger partial charge < -0.3 is 19.8 Å². The number of rotatable bonds is 7. The molecule has 3 N–H and O–H groups in total. The van der Waals surface area contributed by atoms with E-state index in [1.54, 1.807) is 18.4 Å². The summed E-state index contributed by atoms with van der Waals surface area (Å²) in [6, 6.07) is 11.2. The van der Waals surface area contributed by atoms with Crippen LogP contribution < -0.4 is 15.4 Å². The number of furan rings is 1. The van der Waals surface area contributed by atoms with Crippen LogP contribution in [0.4, 0.5) is 4.79 Å². The molecule has 28 heavy (non-hydrogen) atoms. The molecule has 0 aliphatic heterocycles. The van der Waals surface area contributed by atoms with E-state index < -0.39 is 0 Å². The van der Waals surface area contributed by atoms with E-state index in [2.05, 4.69) is 58.7 Å². The zero-order valence-electron chi connectivity index (χ0n) is 16.3. The third kappa shape index (κ3) is 5.35. The maximum atomic E-state index is 11.9. The van der Waals surface area contributed by atoms with Gasteiger partial charge in [0.25, 0.3) is 0 Å². The molecule has 0 aliphatic carbocycles. The number of hydrogen-bond acceptors (Lipinski definition) is 5. The van der Waals surface area contributed by atoms with Gasteiger partial charge in [-0.05, 0) is 35.2 Å². The molecule has 1 aromatic carbocycles. The van der Waals surface area contributed by atoms with Gasteiger partial charge in [-0.1, -0.05) is 32.9 Å².